The van der Waals surface area contributed by atoms with Gasteiger partial charge in [-0.3, -0.25) is 4.79 Å². The van der Waals surface area contributed by atoms with E-state index in [9.17, 15) is 9.18 Å². The molecule has 0 bridgehead atoms. The van der Waals surface area contributed by atoms with Gasteiger partial charge in [0.25, 0.3) is 0 Å². The number of thioether (sulfide) groups is 1. The number of hydrogen-bond acceptors (Lipinski definition) is 5. The van der Waals surface area contributed by atoms with Crippen LogP contribution < -0.4 is 5.32 Å². The molecule has 4 rings (SSSR count). The molecule has 1 saturated carbocycles. The van der Waals surface area contributed by atoms with E-state index in [1.807, 2.05) is 6.92 Å². The minimum absolute atomic E-state index is 0.0696. The molecule has 1 amide bonds. The van der Waals surface area contributed by atoms with Gasteiger partial charge in [-0.1, -0.05) is 49.2 Å². The summed E-state index contributed by atoms with van der Waals surface area (Å²) < 4.78 is 15.4. The van der Waals surface area contributed by atoms with Crippen LogP contribution in [0.15, 0.2) is 46.9 Å². The summed E-state index contributed by atoms with van der Waals surface area (Å²) in [6.07, 6.45) is 6.77. The largest absolute Gasteiger partial charge is 0.349 e. The first-order chi connectivity index (χ1) is 15.1. The molecule has 1 aromatic carbocycles. The van der Waals surface area contributed by atoms with Gasteiger partial charge in [-0.05, 0) is 48.9 Å². The Kier molecular flexibility index (Phi) is 7.40. The topological polar surface area (TPSA) is 59.8 Å². The van der Waals surface area contributed by atoms with Gasteiger partial charge < -0.3 is 9.88 Å². The highest BCUT2D eigenvalue weighted by atomic mass is 32.2. The lowest BCUT2D eigenvalue weighted by atomic mass is 9.95. The number of thiophene rings is 1. The second-order valence-corrected chi connectivity index (χ2v) is 9.92. The Morgan fingerprint density at radius 2 is 2.00 bits per heavy atom. The number of nitrogens with one attached hydrogen (secondary N) is 1. The lowest BCUT2D eigenvalue weighted by Crippen LogP contribution is -2.28. The molecular weight excluding hydrogens is 431 g/mol. The van der Waals surface area contributed by atoms with Crippen molar-refractivity contribution in [2.75, 3.05) is 5.75 Å². The summed E-state index contributed by atoms with van der Waals surface area (Å²) in [5.41, 5.74) is 0.878. The minimum atomic E-state index is -0.279. The maximum absolute atomic E-state index is 13.1. The predicted molar refractivity (Wildman–Crippen MR) is 123 cm³/mol. The number of carbonyl (C=O) groups is 1. The first-order valence-corrected chi connectivity index (χ1v) is 12.6. The SMILES string of the molecule is C[C@@H](NC(=O)CSc1nnc(Cc2cccs2)n1C1CCCCC1)c1ccc(F)cc1. The number of nitrogens with zero attached hydrogens (tertiary/aromatic N) is 3. The van der Waals surface area contributed by atoms with Crippen LogP contribution in [-0.4, -0.2) is 26.4 Å². The van der Waals surface area contributed by atoms with E-state index in [1.165, 1.54) is 48.0 Å². The van der Waals surface area contributed by atoms with Crippen LogP contribution in [0.1, 0.15) is 67.4 Å². The normalized spacial score (nSPS) is 15.7. The van der Waals surface area contributed by atoms with E-state index in [0.717, 1.165) is 35.8 Å². The smallest absolute Gasteiger partial charge is 0.230 e. The quantitative estimate of drug-likeness (QED) is 0.450. The summed E-state index contributed by atoms with van der Waals surface area (Å²) in [6, 6.07) is 10.6. The fourth-order valence-corrected chi connectivity index (χ4v) is 5.59. The van der Waals surface area contributed by atoms with Gasteiger partial charge in [0.15, 0.2) is 5.16 Å². The summed E-state index contributed by atoms with van der Waals surface area (Å²) in [6.45, 7) is 1.90. The zero-order chi connectivity index (χ0) is 21.6. The molecule has 3 aromatic rings. The van der Waals surface area contributed by atoms with Crippen molar-refractivity contribution in [2.45, 2.75) is 62.7 Å². The minimum Gasteiger partial charge on any atom is -0.349 e. The van der Waals surface area contributed by atoms with Gasteiger partial charge in [-0.15, -0.1) is 21.5 Å². The molecule has 2 heterocycles. The molecule has 0 unspecified atom stereocenters. The third-order valence-electron chi connectivity index (χ3n) is 5.67. The summed E-state index contributed by atoms with van der Waals surface area (Å²) in [4.78, 5) is 13.8. The zero-order valence-electron chi connectivity index (χ0n) is 17.6. The zero-order valence-corrected chi connectivity index (χ0v) is 19.2. The first-order valence-electron chi connectivity index (χ1n) is 10.7. The number of hydrogen-bond donors (Lipinski definition) is 1. The maximum Gasteiger partial charge on any atom is 0.230 e. The van der Waals surface area contributed by atoms with Crippen molar-refractivity contribution in [1.29, 1.82) is 0 Å². The summed E-state index contributed by atoms with van der Waals surface area (Å²) >= 11 is 3.17. The monoisotopic (exact) mass is 458 g/mol. The van der Waals surface area contributed by atoms with E-state index in [0.29, 0.717) is 6.04 Å². The van der Waals surface area contributed by atoms with Gasteiger partial charge in [-0.25, -0.2) is 4.39 Å². The molecule has 2 aromatic heterocycles. The summed E-state index contributed by atoms with van der Waals surface area (Å²) in [5.74, 6) is 0.907. The third kappa shape index (κ3) is 5.74. The highest BCUT2D eigenvalue weighted by Crippen LogP contribution is 2.33. The molecule has 0 saturated heterocycles. The van der Waals surface area contributed by atoms with E-state index in [2.05, 4.69) is 37.6 Å². The first kappa shape index (κ1) is 22.0. The van der Waals surface area contributed by atoms with Crippen LogP contribution >= 0.6 is 23.1 Å². The van der Waals surface area contributed by atoms with Crippen LogP contribution in [0, 0.1) is 5.82 Å². The fourth-order valence-electron chi connectivity index (χ4n) is 4.05. The summed E-state index contributed by atoms with van der Waals surface area (Å²) in [7, 11) is 0. The standard InChI is InChI=1S/C23H27FN4OS2/c1-16(17-9-11-18(24)12-10-17)25-22(29)15-31-23-27-26-21(14-20-8-5-13-30-20)28(23)19-6-3-2-4-7-19/h5,8-13,16,19H,2-4,6-7,14-15H2,1H3,(H,25,29)/t16-/m1/s1. The molecule has 1 aliphatic rings. The molecule has 1 N–H and O–H groups in total. The van der Waals surface area contributed by atoms with Gasteiger partial charge >= 0.3 is 0 Å². The van der Waals surface area contributed by atoms with Gasteiger partial charge in [0.05, 0.1) is 11.8 Å². The Bertz CT molecular complexity index is 982. The molecule has 164 valence electrons. The van der Waals surface area contributed by atoms with Crippen LogP contribution in [0.25, 0.3) is 0 Å². The molecule has 31 heavy (non-hydrogen) atoms. The lowest BCUT2D eigenvalue weighted by molar-refractivity contribution is -0.119. The van der Waals surface area contributed by atoms with Crippen LogP contribution in [-0.2, 0) is 11.2 Å². The van der Waals surface area contributed by atoms with E-state index in [1.54, 1.807) is 23.5 Å². The fraction of sp³-hybridized carbons (Fsp3) is 0.435. The van der Waals surface area contributed by atoms with Crippen molar-refractivity contribution in [1.82, 2.24) is 20.1 Å². The maximum atomic E-state index is 13.1. The molecule has 0 aliphatic heterocycles. The Morgan fingerprint density at radius 3 is 2.71 bits per heavy atom. The van der Waals surface area contributed by atoms with Crippen LogP contribution in [0.4, 0.5) is 4.39 Å². The molecule has 1 atom stereocenters. The van der Waals surface area contributed by atoms with Crippen molar-refractivity contribution >= 4 is 29.0 Å². The van der Waals surface area contributed by atoms with Crippen LogP contribution in [0.3, 0.4) is 0 Å². The molecule has 1 aliphatic carbocycles. The number of carbonyl (C=O) groups excluding carboxylic acids is 1. The second kappa shape index (κ2) is 10.4. The van der Waals surface area contributed by atoms with E-state index in [4.69, 9.17) is 0 Å². The Hall–Kier alpha value is -2.19. The predicted octanol–water partition coefficient (Wildman–Crippen LogP) is 5.54. The van der Waals surface area contributed by atoms with Crippen molar-refractivity contribution in [3.63, 3.8) is 0 Å². The van der Waals surface area contributed by atoms with E-state index < -0.39 is 0 Å². The van der Waals surface area contributed by atoms with Crippen LogP contribution in [0.5, 0.6) is 0 Å². The molecule has 1 fully saturated rings. The molecule has 0 radical (unpaired) electrons. The lowest BCUT2D eigenvalue weighted by Gasteiger charge is -2.25. The third-order valence-corrected chi connectivity index (χ3v) is 7.49. The van der Waals surface area contributed by atoms with Gasteiger partial charge in [0, 0.05) is 17.3 Å². The number of halogens is 1. The Balaban J connectivity index is 1.42. The van der Waals surface area contributed by atoms with Crippen molar-refractivity contribution in [3.05, 3.63) is 63.9 Å². The molecule has 5 nitrogen and oxygen atoms in total. The second-order valence-electron chi connectivity index (χ2n) is 7.95. The molecule has 8 heteroatoms. The Labute approximate surface area is 190 Å². The van der Waals surface area contributed by atoms with Crippen molar-refractivity contribution in [2.24, 2.45) is 0 Å². The Morgan fingerprint density at radius 1 is 1.23 bits per heavy atom. The number of benzene rings is 1. The highest BCUT2D eigenvalue weighted by Gasteiger charge is 2.24. The highest BCUT2D eigenvalue weighted by molar-refractivity contribution is 7.99. The number of rotatable bonds is 8. The number of aromatic nitrogens is 3. The van der Waals surface area contributed by atoms with E-state index in [-0.39, 0.29) is 23.5 Å². The van der Waals surface area contributed by atoms with Gasteiger partial charge in [0.1, 0.15) is 11.6 Å². The summed E-state index contributed by atoms with van der Waals surface area (Å²) in [5, 5.41) is 14.8. The number of amides is 1. The van der Waals surface area contributed by atoms with Gasteiger partial charge in [0.2, 0.25) is 5.91 Å². The van der Waals surface area contributed by atoms with Crippen LogP contribution in [0.2, 0.25) is 0 Å². The molecule has 0 spiro atoms. The molecular formula is C23H27FN4OS2. The van der Waals surface area contributed by atoms with Gasteiger partial charge in [-0.2, -0.15) is 0 Å². The average molecular weight is 459 g/mol. The van der Waals surface area contributed by atoms with Crippen molar-refractivity contribution in [3.8, 4) is 0 Å². The average Bonchev–Trinajstić information content (AvgIpc) is 3.43. The van der Waals surface area contributed by atoms with Crippen molar-refractivity contribution < 1.29 is 9.18 Å². The van der Waals surface area contributed by atoms with E-state index >= 15 is 0 Å².